The number of hydrogen-bond donors (Lipinski definition) is 7. The number of nitrogens with zero attached hydrogens (tertiary/aromatic N) is 7. The van der Waals surface area contributed by atoms with Gasteiger partial charge in [-0.1, -0.05) is 124 Å². The molecule has 2 aromatic heterocycles. The van der Waals surface area contributed by atoms with E-state index in [0.29, 0.717) is 63.6 Å². The van der Waals surface area contributed by atoms with E-state index in [1.165, 1.54) is 54.4 Å². The van der Waals surface area contributed by atoms with Gasteiger partial charge in [0.1, 0.15) is 29.8 Å². The van der Waals surface area contributed by atoms with E-state index in [1.807, 2.05) is 79.7 Å². The number of aromatic nitrogens is 4. The second-order valence-electron chi connectivity index (χ2n) is 29.1. The smallest absolute Gasteiger partial charge is 0.407 e. The molecule has 616 valence electrons. The monoisotopic (exact) mass is 1600 g/mol. The summed E-state index contributed by atoms with van der Waals surface area (Å²) >= 11 is 0. The number of ether oxygens (including phenoxy) is 4. The Kier molecular flexibility index (Phi) is 30.2. The molecule has 26 nitrogen and oxygen atoms in total. The van der Waals surface area contributed by atoms with Gasteiger partial charge in [0, 0.05) is 75.2 Å². The van der Waals surface area contributed by atoms with Crippen LogP contribution in [0.2, 0.25) is 0 Å². The van der Waals surface area contributed by atoms with Crippen LogP contribution in [0.3, 0.4) is 0 Å². The molecule has 4 saturated heterocycles. The highest BCUT2D eigenvalue weighted by Gasteiger charge is 2.42. The Labute approximate surface area is 662 Å². The number of carboxylic acid groups (broad SMARTS) is 1. The Hall–Kier alpha value is -11.2. The second kappa shape index (κ2) is 40.2. The Morgan fingerprint density at radius 2 is 0.843 bits per heavy atom. The third kappa shape index (κ3) is 23.3. The quantitative estimate of drug-likeness (QED) is 0.0143. The number of likely N-dealkylation sites (tertiary alicyclic amines) is 3. The number of methoxy groups -OCH3 is 4. The van der Waals surface area contributed by atoms with Crippen LogP contribution in [-0.2, 0) is 42.9 Å². The van der Waals surface area contributed by atoms with Gasteiger partial charge in [-0.3, -0.25) is 34.0 Å². The van der Waals surface area contributed by atoms with Crippen molar-refractivity contribution in [2.24, 2.45) is 15.9 Å². The number of esters is 1. The van der Waals surface area contributed by atoms with Crippen molar-refractivity contribution in [2.75, 3.05) is 54.6 Å². The number of carboxylic acids is 1. The Balaban J connectivity index is 0.000000211. The summed E-state index contributed by atoms with van der Waals surface area (Å²) in [5.74, 6) is -2.95. The lowest BCUT2D eigenvalue weighted by molar-refractivity contribution is -0.155. The number of aromatic amines is 2. The van der Waals surface area contributed by atoms with Crippen LogP contribution in [0.25, 0.3) is 55.9 Å². The van der Waals surface area contributed by atoms with E-state index in [0.717, 1.165) is 128 Å². The van der Waals surface area contributed by atoms with Gasteiger partial charge < -0.3 is 70.0 Å². The highest BCUT2D eigenvalue weighted by Crippen LogP contribution is 2.38. The maximum Gasteiger partial charge on any atom is 0.407 e. The normalized spacial score (nSPS) is 18.9. The molecule has 8 heterocycles. The maximum absolute atomic E-state index is 13.5. The van der Waals surface area contributed by atoms with Crippen LogP contribution >= 0.6 is 0 Å². The molecule has 0 bridgehead atoms. The molecule has 0 radical (unpaired) electrons. The summed E-state index contributed by atoms with van der Waals surface area (Å²) in [4.78, 5) is 128. The molecule has 6 aliphatic heterocycles. The highest BCUT2D eigenvalue weighted by molar-refractivity contribution is 6.04. The summed E-state index contributed by atoms with van der Waals surface area (Å²) in [7, 11) is 4.73. The molecule has 7 N–H and O–H groups in total. The van der Waals surface area contributed by atoms with Crippen molar-refractivity contribution in [2.45, 2.75) is 190 Å². The first kappa shape index (κ1) is 86.2. The fourth-order valence-electron chi connectivity index (χ4n) is 15.2. The van der Waals surface area contributed by atoms with Crippen LogP contribution in [0.1, 0.15) is 171 Å². The predicted octanol–water partition coefficient (Wildman–Crippen LogP) is 14.6. The fraction of sp³-hybridized carbons (Fsp3) is 0.470. The van der Waals surface area contributed by atoms with Crippen LogP contribution in [-0.4, -0.2) is 196 Å². The Morgan fingerprint density at radius 3 is 1.22 bits per heavy atom. The van der Waals surface area contributed by atoms with Gasteiger partial charge in [0.05, 0.1) is 82.7 Å². The van der Waals surface area contributed by atoms with Gasteiger partial charge in [0.15, 0.2) is 0 Å². The summed E-state index contributed by atoms with van der Waals surface area (Å²) in [5, 5.41) is 19.8. The first-order valence-corrected chi connectivity index (χ1v) is 38.8. The van der Waals surface area contributed by atoms with Crippen LogP contribution < -0.4 is 21.3 Å². The number of halogens is 6. The number of benzene rings is 4. The zero-order chi connectivity index (χ0) is 82.5. The summed E-state index contributed by atoms with van der Waals surface area (Å²) in [6.45, 7) is 6.62. The van der Waals surface area contributed by atoms with Gasteiger partial charge in [0.25, 0.3) is 0 Å². The number of hydrogen-bond acceptors (Lipinski definition) is 17. The number of nitrogens with one attached hydrogen (secondary N) is 6. The van der Waals surface area contributed by atoms with E-state index in [2.05, 4.69) is 104 Å². The Bertz CT molecular complexity index is 4480. The topological polar surface area (TPSA) is 334 Å². The lowest BCUT2D eigenvalue weighted by atomic mass is 9.96. The van der Waals surface area contributed by atoms with Crippen LogP contribution in [0.15, 0.2) is 132 Å². The van der Waals surface area contributed by atoms with Gasteiger partial charge in [-0.25, -0.2) is 24.4 Å². The summed E-state index contributed by atoms with van der Waals surface area (Å²) < 4.78 is 92.7. The molecule has 8 atom stereocenters. The third-order valence-electron chi connectivity index (χ3n) is 21.3. The molecule has 6 aliphatic rings. The summed E-state index contributed by atoms with van der Waals surface area (Å²) in [6, 6.07) is 30.4. The van der Waals surface area contributed by atoms with E-state index in [1.54, 1.807) is 17.3 Å². The number of aliphatic imine (C=N–C) groups is 2. The molecule has 0 saturated carbocycles. The zero-order valence-corrected chi connectivity index (χ0v) is 65.2. The minimum Gasteiger partial charge on any atom is -0.481 e. The number of allylic oxidation sites excluding steroid dienone is 2. The minimum atomic E-state index is -4.48. The maximum atomic E-state index is 13.5. The number of alkyl halides is 6. The molecule has 115 heavy (non-hydrogen) atoms. The number of amides is 6. The molecule has 0 aliphatic carbocycles. The van der Waals surface area contributed by atoms with E-state index in [-0.39, 0.29) is 29.9 Å². The molecule has 4 aromatic carbocycles. The molecule has 1 unspecified atom stereocenters. The standard InChI is InChI=1S/C41H48F3N7O6.C34H40N6O3.C8H11F3O4/c1-4-7-30(48-39(54)56-2)37(52)51-21-6-9-35(51)36-46-24-33(47-36)28-16-14-26(15-17-28)25-10-12-27(13-11-25)29-22-32(45-23-29)34-8-5-20-50(34)38(53)31(49-40(55)57-3)18-19-41(42,43)44;1-3-6-28(39-34(42)43-2)33(41)40-18-5-8-31(40)32-37-21-30(38-32)25-15-13-23(14-16-25)22-9-11-24(12-10-22)26-19-29(36-20-26)27-7-4-17-35-27;1-15-6(12)4-5(7(13)14)2-3-8(9,10)11/h10-17,23-24,30-31,34-35H,4-9,18-22H2,1-3H3,(H,46,47)(H,48,54)(H,49,55);9-16,20-21,27-28,31,35H,3-8,17-19H2,1-2H3,(H,37,38)(H,39,42);5H,2-4H2,1H3,(H,13,14)/t30-,31?,34-,35-;27-,28-,31-;5-/m001/s1. The Morgan fingerprint density at radius 1 is 0.478 bits per heavy atom. The van der Waals surface area contributed by atoms with E-state index < -0.39 is 105 Å². The summed E-state index contributed by atoms with van der Waals surface area (Å²) in [5.41, 5.74) is 14.5. The number of alkyl carbamates (subject to hydrolysis) is 3. The van der Waals surface area contributed by atoms with E-state index in [4.69, 9.17) is 19.6 Å². The molecular weight excluding hydrogens is 1500 g/mol. The van der Waals surface area contributed by atoms with Crippen molar-refractivity contribution in [1.29, 1.82) is 0 Å². The van der Waals surface area contributed by atoms with Crippen molar-refractivity contribution in [3.63, 3.8) is 0 Å². The first-order chi connectivity index (χ1) is 55.2. The molecule has 12 rings (SSSR count). The number of aliphatic carboxylic acids is 1. The first-order valence-electron chi connectivity index (χ1n) is 38.8. The number of imidazole rings is 2. The molecule has 6 aromatic rings. The van der Waals surface area contributed by atoms with Crippen LogP contribution in [0, 0.1) is 5.92 Å². The average molecular weight is 1600 g/mol. The number of rotatable bonds is 27. The van der Waals surface area contributed by atoms with Crippen molar-refractivity contribution in [1.82, 2.24) is 55.9 Å². The van der Waals surface area contributed by atoms with Crippen molar-refractivity contribution in [3.8, 4) is 44.8 Å². The van der Waals surface area contributed by atoms with Gasteiger partial charge in [-0.15, -0.1) is 0 Å². The SMILES string of the molecule is CCC[C@H](NC(=O)OC)C(=O)N1CCC[C@H]1c1ncc(-c2ccc(-c3ccc(C4=CN=C([C@@H]5CCCN5)C4)cc3)cc2)[nH]1.CCC[C@H](NC(=O)OC)C(=O)N1CCC[C@H]1c1ncc(-c2ccc(-c3ccc(C4=CN=C([C@@H]5CCCN5C(=O)C(CCC(F)(F)F)NC(=O)OC)C4)cc3)cc2)[nH]1.COC(=O)C[C@@H](CCC(F)(F)F)C(=O)O. The van der Waals surface area contributed by atoms with Gasteiger partial charge in [0.2, 0.25) is 17.7 Å². The van der Waals surface area contributed by atoms with Gasteiger partial charge >= 0.3 is 42.6 Å². The van der Waals surface area contributed by atoms with Crippen molar-refractivity contribution < 1.29 is 88.8 Å². The second-order valence-corrected chi connectivity index (χ2v) is 29.1. The molecule has 32 heteroatoms. The lowest BCUT2D eigenvalue weighted by Gasteiger charge is -2.29. The minimum absolute atomic E-state index is 0.0916. The largest absolute Gasteiger partial charge is 0.481 e. The van der Waals surface area contributed by atoms with Crippen molar-refractivity contribution in [3.05, 3.63) is 145 Å². The molecule has 6 amide bonds. The van der Waals surface area contributed by atoms with Gasteiger partial charge in [-0.05, 0) is 139 Å². The summed E-state index contributed by atoms with van der Waals surface area (Å²) in [6.07, 6.45) is 3.15. The number of H-pyrrole nitrogens is 2. The molecular formula is C83H99F6N13O13. The molecule has 0 spiro atoms. The van der Waals surface area contributed by atoms with E-state index >= 15 is 0 Å². The number of carbonyl (C=O) groups excluding carboxylic acids is 7. The van der Waals surface area contributed by atoms with Gasteiger partial charge in [-0.2, -0.15) is 26.3 Å². The predicted molar refractivity (Wildman–Crippen MR) is 418 cm³/mol. The van der Waals surface area contributed by atoms with Crippen LogP contribution in [0.5, 0.6) is 0 Å². The molecule has 4 fully saturated rings. The van der Waals surface area contributed by atoms with Crippen LogP contribution in [0.4, 0.5) is 40.7 Å². The van der Waals surface area contributed by atoms with E-state index in [9.17, 15) is 64.7 Å². The highest BCUT2D eigenvalue weighted by atomic mass is 19.4. The average Bonchev–Trinajstić information content (AvgIpc) is 1.69. The third-order valence-corrected chi connectivity index (χ3v) is 21.3. The zero-order valence-electron chi connectivity index (χ0n) is 65.2. The lowest BCUT2D eigenvalue weighted by Crippen LogP contribution is -2.51. The fourth-order valence-corrected chi connectivity index (χ4v) is 15.2. The number of carbonyl (C=O) groups is 8. The van der Waals surface area contributed by atoms with Crippen molar-refractivity contribution >= 4 is 70.5 Å².